The molecule has 3 aromatic rings. The Morgan fingerprint density at radius 3 is 2.21 bits per heavy atom. The summed E-state index contributed by atoms with van der Waals surface area (Å²) in [6, 6.07) is 20.8. The molecule has 1 N–H and O–H groups in total. The molecule has 0 aliphatic heterocycles. The molecule has 0 heterocycles. The van der Waals surface area contributed by atoms with E-state index in [0.29, 0.717) is 17.9 Å². The molecule has 0 aliphatic carbocycles. The zero-order valence-electron chi connectivity index (χ0n) is 18.5. The molecule has 1 amide bonds. The number of para-hydroxylation sites is 1. The highest BCUT2D eigenvalue weighted by Crippen LogP contribution is 2.26. The van der Waals surface area contributed by atoms with Gasteiger partial charge in [0.2, 0.25) is 0 Å². The summed E-state index contributed by atoms with van der Waals surface area (Å²) in [6.07, 6.45) is 1.73. The Balaban J connectivity index is 1.77. The average Bonchev–Trinajstić information content (AvgIpc) is 2.84. The molecule has 0 saturated carbocycles. The number of amides is 1. The van der Waals surface area contributed by atoms with E-state index >= 15 is 0 Å². The lowest BCUT2D eigenvalue weighted by molar-refractivity contribution is 0.0499. The molecular formula is C25H26N2O5S. The Bertz CT molecular complexity index is 1210. The number of anilines is 2. The van der Waals surface area contributed by atoms with Crippen molar-refractivity contribution in [2.45, 2.75) is 24.7 Å². The van der Waals surface area contributed by atoms with E-state index in [1.807, 2.05) is 6.92 Å². The maximum absolute atomic E-state index is 13.0. The summed E-state index contributed by atoms with van der Waals surface area (Å²) < 4.78 is 32.3. The van der Waals surface area contributed by atoms with Crippen molar-refractivity contribution in [1.82, 2.24) is 0 Å². The van der Waals surface area contributed by atoms with Crippen LogP contribution in [0.25, 0.3) is 0 Å². The van der Waals surface area contributed by atoms with Gasteiger partial charge in [-0.1, -0.05) is 43.7 Å². The SMILES string of the molecule is CCCCOC(=O)c1ccc(NC(=O)c2ccccc2N(C)S(=O)(=O)c2ccccc2)cc1. The van der Waals surface area contributed by atoms with Gasteiger partial charge in [-0.3, -0.25) is 9.10 Å². The number of benzene rings is 3. The molecule has 8 heteroatoms. The van der Waals surface area contributed by atoms with Crippen molar-refractivity contribution < 1.29 is 22.7 Å². The number of hydrogen-bond donors (Lipinski definition) is 1. The van der Waals surface area contributed by atoms with Gasteiger partial charge in [-0.05, 0) is 55.0 Å². The number of rotatable bonds is 9. The molecule has 33 heavy (non-hydrogen) atoms. The minimum Gasteiger partial charge on any atom is -0.462 e. The smallest absolute Gasteiger partial charge is 0.338 e. The quantitative estimate of drug-likeness (QED) is 0.364. The van der Waals surface area contributed by atoms with Crippen molar-refractivity contribution in [3.63, 3.8) is 0 Å². The first-order chi connectivity index (χ1) is 15.8. The highest BCUT2D eigenvalue weighted by molar-refractivity contribution is 7.92. The number of ether oxygens (including phenoxy) is 1. The van der Waals surface area contributed by atoms with Crippen LogP contribution in [0, 0.1) is 0 Å². The molecule has 0 aliphatic rings. The van der Waals surface area contributed by atoms with Crippen molar-refractivity contribution in [3.05, 3.63) is 90.0 Å². The number of unbranched alkanes of at least 4 members (excludes halogenated alkanes) is 1. The van der Waals surface area contributed by atoms with Crippen LogP contribution in [0.1, 0.15) is 40.5 Å². The summed E-state index contributed by atoms with van der Waals surface area (Å²) >= 11 is 0. The minimum absolute atomic E-state index is 0.129. The van der Waals surface area contributed by atoms with E-state index in [1.54, 1.807) is 66.7 Å². The second kappa shape index (κ2) is 10.8. The van der Waals surface area contributed by atoms with Crippen LogP contribution < -0.4 is 9.62 Å². The first kappa shape index (κ1) is 24.0. The Morgan fingerprint density at radius 2 is 1.55 bits per heavy atom. The summed E-state index contributed by atoms with van der Waals surface area (Å²) in [5, 5.41) is 2.75. The van der Waals surface area contributed by atoms with Crippen LogP contribution in [0.2, 0.25) is 0 Å². The zero-order valence-corrected chi connectivity index (χ0v) is 19.3. The molecule has 172 valence electrons. The standard InChI is InChI=1S/C25H26N2O5S/c1-3-4-18-32-25(29)19-14-16-20(17-15-19)26-24(28)22-12-8-9-13-23(22)27(2)33(30,31)21-10-6-5-7-11-21/h5-17H,3-4,18H2,1-2H3,(H,26,28). The number of carbonyl (C=O) groups excluding carboxylic acids is 2. The van der Waals surface area contributed by atoms with E-state index in [1.165, 1.54) is 19.2 Å². The number of esters is 1. The fraction of sp³-hybridized carbons (Fsp3) is 0.200. The molecule has 0 fully saturated rings. The molecule has 3 rings (SSSR count). The number of sulfonamides is 1. The summed E-state index contributed by atoms with van der Waals surface area (Å²) in [7, 11) is -2.43. The molecule has 0 unspecified atom stereocenters. The van der Waals surface area contributed by atoms with Gasteiger partial charge in [0.25, 0.3) is 15.9 Å². The van der Waals surface area contributed by atoms with E-state index in [9.17, 15) is 18.0 Å². The maximum Gasteiger partial charge on any atom is 0.338 e. The highest BCUT2D eigenvalue weighted by atomic mass is 32.2. The molecule has 7 nitrogen and oxygen atoms in total. The third kappa shape index (κ3) is 5.78. The largest absolute Gasteiger partial charge is 0.462 e. The first-order valence-corrected chi connectivity index (χ1v) is 12.0. The van der Waals surface area contributed by atoms with Gasteiger partial charge in [0.05, 0.1) is 28.3 Å². The van der Waals surface area contributed by atoms with Gasteiger partial charge in [0.1, 0.15) is 0 Å². The van der Waals surface area contributed by atoms with Crippen LogP contribution in [0.3, 0.4) is 0 Å². The summed E-state index contributed by atoms with van der Waals surface area (Å²) in [6.45, 7) is 2.38. The predicted octanol–water partition coefficient (Wildman–Crippen LogP) is 4.72. The summed E-state index contributed by atoms with van der Waals surface area (Å²) in [5.41, 5.74) is 1.30. The Hall–Kier alpha value is -3.65. The second-order valence-corrected chi connectivity index (χ2v) is 9.29. The molecule has 0 bridgehead atoms. The van der Waals surface area contributed by atoms with Crippen molar-refractivity contribution in [3.8, 4) is 0 Å². The van der Waals surface area contributed by atoms with Crippen molar-refractivity contribution in [2.24, 2.45) is 0 Å². The van der Waals surface area contributed by atoms with Gasteiger partial charge in [-0.2, -0.15) is 0 Å². The van der Waals surface area contributed by atoms with Gasteiger partial charge >= 0.3 is 5.97 Å². The molecule has 0 saturated heterocycles. The number of nitrogens with zero attached hydrogens (tertiary/aromatic N) is 1. The van der Waals surface area contributed by atoms with Crippen LogP contribution in [0.5, 0.6) is 0 Å². The summed E-state index contributed by atoms with van der Waals surface area (Å²) in [4.78, 5) is 25.1. The maximum atomic E-state index is 13.0. The first-order valence-electron chi connectivity index (χ1n) is 10.6. The van der Waals surface area contributed by atoms with Crippen molar-refractivity contribution in [2.75, 3.05) is 23.3 Å². The number of hydrogen-bond acceptors (Lipinski definition) is 5. The van der Waals surface area contributed by atoms with E-state index in [-0.39, 0.29) is 16.1 Å². The zero-order chi connectivity index (χ0) is 23.8. The molecule has 0 aromatic heterocycles. The lowest BCUT2D eigenvalue weighted by Crippen LogP contribution is -2.29. The van der Waals surface area contributed by atoms with Gasteiger partial charge in [-0.15, -0.1) is 0 Å². The Morgan fingerprint density at radius 1 is 0.909 bits per heavy atom. The molecule has 0 spiro atoms. The summed E-state index contributed by atoms with van der Waals surface area (Å²) in [5.74, 6) is -0.890. The van der Waals surface area contributed by atoms with Crippen LogP contribution >= 0.6 is 0 Å². The van der Waals surface area contributed by atoms with E-state index in [2.05, 4.69) is 5.32 Å². The average molecular weight is 467 g/mol. The highest BCUT2D eigenvalue weighted by Gasteiger charge is 2.25. The van der Waals surface area contributed by atoms with Crippen molar-refractivity contribution in [1.29, 1.82) is 0 Å². The predicted molar refractivity (Wildman–Crippen MR) is 128 cm³/mol. The Labute approximate surface area is 194 Å². The van der Waals surface area contributed by atoms with E-state index in [4.69, 9.17) is 4.74 Å². The fourth-order valence-corrected chi connectivity index (χ4v) is 4.34. The van der Waals surface area contributed by atoms with E-state index in [0.717, 1.165) is 17.1 Å². The monoisotopic (exact) mass is 466 g/mol. The topological polar surface area (TPSA) is 92.8 Å². The molecule has 0 radical (unpaired) electrons. The van der Waals surface area contributed by atoms with Gasteiger partial charge in [0.15, 0.2) is 0 Å². The number of nitrogens with one attached hydrogen (secondary N) is 1. The van der Waals surface area contributed by atoms with Gasteiger partial charge in [0, 0.05) is 12.7 Å². The van der Waals surface area contributed by atoms with Gasteiger partial charge < -0.3 is 10.1 Å². The fourth-order valence-electron chi connectivity index (χ4n) is 3.10. The molecular weight excluding hydrogens is 440 g/mol. The van der Waals surface area contributed by atoms with Crippen LogP contribution in [0.4, 0.5) is 11.4 Å². The van der Waals surface area contributed by atoms with Gasteiger partial charge in [-0.25, -0.2) is 13.2 Å². The Kier molecular flexibility index (Phi) is 7.84. The molecule has 3 aromatic carbocycles. The third-order valence-electron chi connectivity index (χ3n) is 5.00. The van der Waals surface area contributed by atoms with Crippen LogP contribution in [0.15, 0.2) is 83.8 Å². The molecule has 0 atom stereocenters. The lowest BCUT2D eigenvalue weighted by atomic mass is 10.1. The lowest BCUT2D eigenvalue weighted by Gasteiger charge is -2.22. The van der Waals surface area contributed by atoms with Crippen molar-refractivity contribution >= 4 is 33.3 Å². The van der Waals surface area contributed by atoms with Crippen LogP contribution in [-0.4, -0.2) is 33.9 Å². The normalized spacial score (nSPS) is 11.0. The minimum atomic E-state index is -3.84. The number of carbonyl (C=O) groups is 2. The van der Waals surface area contributed by atoms with E-state index < -0.39 is 21.9 Å². The van der Waals surface area contributed by atoms with Crippen LogP contribution in [-0.2, 0) is 14.8 Å². The third-order valence-corrected chi connectivity index (χ3v) is 6.78. The second-order valence-electron chi connectivity index (χ2n) is 7.32.